The van der Waals surface area contributed by atoms with E-state index in [4.69, 9.17) is 0 Å². The second kappa shape index (κ2) is 7.85. The van der Waals surface area contributed by atoms with Crippen LogP contribution in [0, 0.1) is 0 Å². The van der Waals surface area contributed by atoms with Gasteiger partial charge in [0.2, 0.25) is 10.0 Å². The average Bonchev–Trinajstić information content (AvgIpc) is 2.96. The Kier molecular flexibility index (Phi) is 5.88. The van der Waals surface area contributed by atoms with Crippen molar-refractivity contribution in [3.05, 3.63) is 28.6 Å². The third kappa shape index (κ3) is 4.17. The first-order chi connectivity index (χ1) is 12.7. The van der Waals surface area contributed by atoms with Crippen LogP contribution in [0.5, 0.6) is 0 Å². The maximum atomic E-state index is 12.9. The zero-order valence-corrected chi connectivity index (χ0v) is 17.9. The van der Waals surface area contributed by atoms with Crippen LogP contribution in [0.15, 0.2) is 23.2 Å². The number of thiazole rings is 1. The normalized spacial score (nSPS) is 19.9. The van der Waals surface area contributed by atoms with Crippen molar-refractivity contribution in [1.29, 1.82) is 0 Å². The number of amides is 1. The molecule has 1 atom stereocenters. The molecule has 1 aliphatic heterocycles. The molecule has 0 saturated carbocycles. The average molecular weight is 410 g/mol. The molecule has 1 aliphatic rings. The first-order valence-corrected chi connectivity index (χ1v) is 12.1. The zero-order valence-electron chi connectivity index (χ0n) is 16.3. The number of rotatable bonds is 4. The highest BCUT2D eigenvalue weighted by Crippen LogP contribution is 2.24. The number of aryl methyl sites for hydroxylation is 1. The summed E-state index contributed by atoms with van der Waals surface area (Å²) >= 11 is 1.49. The second-order valence-corrected chi connectivity index (χ2v) is 10.3. The summed E-state index contributed by atoms with van der Waals surface area (Å²) in [4.78, 5) is 17.9. The minimum Gasteiger partial charge on any atom is -0.317 e. The first kappa shape index (κ1) is 20.2. The van der Waals surface area contributed by atoms with Crippen LogP contribution < -0.4 is 4.80 Å². The molecule has 0 bridgehead atoms. The molecule has 27 heavy (non-hydrogen) atoms. The summed E-state index contributed by atoms with van der Waals surface area (Å²) in [5, 5.41) is 0. The third-order valence-electron chi connectivity index (χ3n) is 5.06. The molecule has 2 aromatic rings. The summed E-state index contributed by atoms with van der Waals surface area (Å²) < 4.78 is 28.5. The Hall–Kier alpha value is -1.51. The smallest absolute Gasteiger partial charge is 0.266 e. The molecule has 2 heterocycles. The van der Waals surface area contributed by atoms with E-state index in [2.05, 4.69) is 37.0 Å². The van der Waals surface area contributed by atoms with E-state index < -0.39 is 16.1 Å². The molecule has 3 rings (SSSR count). The number of piperidine rings is 1. The fourth-order valence-electron chi connectivity index (χ4n) is 3.56. The van der Waals surface area contributed by atoms with E-state index >= 15 is 0 Å². The Morgan fingerprint density at radius 3 is 2.70 bits per heavy atom. The SMILES string of the molecule is CCn1c(=NC(=O)C2CCCCN2S(C)(=O)=O)sc2cc(C(C)C)ccc21. The molecular weight excluding hydrogens is 382 g/mol. The van der Waals surface area contributed by atoms with Crippen LogP contribution in [0.1, 0.15) is 51.5 Å². The van der Waals surface area contributed by atoms with Crippen molar-refractivity contribution in [2.24, 2.45) is 4.99 Å². The minimum absolute atomic E-state index is 0.363. The predicted molar refractivity (Wildman–Crippen MR) is 109 cm³/mol. The van der Waals surface area contributed by atoms with Gasteiger partial charge in [-0.25, -0.2) is 8.42 Å². The largest absolute Gasteiger partial charge is 0.317 e. The van der Waals surface area contributed by atoms with Gasteiger partial charge in [-0.05, 0) is 43.4 Å². The fourth-order valence-corrected chi connectivity index (χ4v) is 5.82. The van der Waals surface area contributed by atoms with E-state index in [1.807, 2.05) is 11.5 Å². The van der Waals surface area contributed by atoms with Crippen molar-refractivity contribution in [3.8, 4) is 0 Å². The molecule has 0 radical (unpaired) electrons. The van der Waals surface area contributed by atoms with E-state index in [0.717, 1.165) is 29.3 Å². The molecule has 8 heteroatoms. The van der Waals surface area contributed by atoms with E-state index in [0.29, 0.717) is 30.2 Å². The maximum absolute atomic E-state index is 12.9. The van der Waals surface area contributed by atoms with Gasteiger partial charge in [-0.3, -0.25) is 4.79 Å². The van der Waals surface area contributed by atoms with Gasteiger partial charge in [0.1, 0.15) is 6.04 Å². The lowest BCUT2D eigenvalue weighted by Crippen LogP contribution is -2.47. The Morgan fingerprint density at radius 2 is 2.07 bits per heavy atom. The molecule has 0 N–H and O–H groups in total. The van der Waals surface area contributed by atoms with Gasteiger partial charge in [0, 0.05) is 13.1 Å². The Labute approximate surface area is 164 Å². The number of hydrogen-bond donors (Lipinski definition) is 0. The molecule has 1 aromatic heterocycles. The van der Waals surface area contributed by atoms with Gasteiger partial charge in [-0.2, -0.15) is 9.30 Å². The first-order valence-electron chi connectivity index (χ1n) is 9.41. The molecule has 1 amide bonds. The van der Waals surface area contributed by atoms with Crippen LogP contribution in [-0.2, 0) is 21.4 Å². The van der Waals surface area contributed by atoms with Crippen molar-refractivity contribution in [3.63, 3.8) is 0 Å². The lowest BCUT2D eigenvalue weighted by Gasteiger charge is -2.31. The Bertz CT molecular complexity index is 1020. The van der Waals surface area contributed by atoms with Gasteiger partial charge >= 0.3 is 0 Å². The molecule has 0 spiro atoms. The molecular formula is C19H27N3O3S2. The number of hydrogen-bond acceptors (Lipinski definition) is 4. The predicted octanol–water partition coefficient (Wildman–Crippen LogP) is 3.09. The summed E-state index contributed by atoms with van der Waals surface area (Å²) in [6.07, 6.45) is 3.32. The van der Waals surface area contributed by atoms with Crippen LogP contribution in [0.4, 0.5) is 0 Å². The second-order valence-electron chi connectivity index (χ2n) is 7.35. The van der Waals surface area contributed by atoms with Crippen LogP contribution in [0.25, 0.3) is 10.2 Å². The van der Waals surface area contributed by atoms with Crippen molar-refractivity contribution < 1.29 is 13.2 Å². The highest BCUT2D eigenvalue weighted by atomic mass is 32.2. The van der Waals surface area contributed by atoms with Crippen molar-refractivity contribution >= 4 is 37.5 Å². The number of carbonyl (C=O) groups is 1. The monoisotopic (exact) mass is 409 g/mol. The zero-order chi connectivity index (χ0) is 19.8. The number of fused-ring (bicyclic) bond motifs is 1. The fraction of sp³-hybridized carbons (Fsp3) is 0.579. The number of nitrogens with zero attached hydrogens (tertiary/aromatic N) is 3. The summed E-state index contributed by atoms with van der Waals surface area (Å²) in [5.74, 6) is 0.0668. The van der Waals surface area contributed by atoms with Crippen molar-refractivity contribution in [1.82, 2.24) is 8.87 Å². The topological polar surface area (TPSA) is 71.7 Å². The standard InChI is InChI=1S/C19H27N3O3S2/c1-5-21-15-10-9-14(13(2)3)12-17(15)26-19(21)20-18(23)16-8-6-7-11-22(16)27(4,24)25/h9-10,12-13,16H,5-8,11H2,1-4H3. The molecule has 1 aromatic carbocycles. The lowest BCUT2D eigenvalue weighted by molar-refractivity contribution is -0.122. The maximum Gasteiger partial charge on any atom is 0.266 e. The minimum atomic E-state index is -3.42. The van der Waals surface area contributed by atoms with E-state index in [-0.39, 0.29) is 5.91 Å². The molecule has 0 aliphatic carbocycles. The van der Waals surface area contributed by atoms with Gasteiger partial charge in [0.15, 0.2) is 4.80 Å². The lowest BCUT2D eigenvalue weighted by atomic mass is 10.0. The highest BCUT2D eigenvalue weighted by Gasteiger charge is 2.34. The number of sulfonamides is 1. The van der Waals surface area contributed by atoms with Crippen LogP contribution in [0.2, 0.25) is 0 Å². The van der Waals surface area contributed by atoms with Gasteiger partial charge < -0.3 is 4.57 Å². The summed E-state index contributed by atoms with van der Waals surface area (Å²) in [7, 11) is -3.42. The van der Waals surface area contributed by atoms with E-state index in [1.54, 1.807) is 0 Å². The molecule has 1 unspecified atom stereocenters. The highest BCUT2D eigenvalue weighted by molar-refractivity contribution is 7.88. The van der Waals surface area contributed by atoms with Crippen LogP contribution in [0.3, 0.4) is 0 Å². The van der Waals surface area contributed by atoms with E-state index in [9.17, 15) is 13.2 Å². The van der Waals surface area contributed by atoms with Gasteiger partial charge in [-0.1, -0.05) is 37.7 Å². The Balaban J connectivity index is 2.05. The van der Waals surface area contributed by atoms with Gasteiger partial charge in [0.25, 0.3) is 5.91 Å². The van der Waals surface area contributed by atoms with Crippen LogP contribution in [-0.4, -0.2) is 42.0 Å². The number of benzene rings is 1. The summed E-state index contributed by atoms with van der Waals surface area (Å²) in [5.41, 5.74) is 2.31. The Morgan fingerprint density at radius 1 is 1.33 bits per heavy atom. The number of carbonyl (C=O) groups excluding carboxylic acids is 1. The molecule has 1 saturated heterocycles. The van der Waals surface area contributed by atoms with Crippen molar-refractivity contribution in [2.45, 2.75) is 58.5 Å². The molecule has 148 valence electrons. The summed E-state index contributed by atoms with van der Waals surface area (Å²) in [6, 6.07) is 5.67. The van der Waals surface area contributed by atoms with Gasteiger partial charge in [0.05, 0.1) is 16.5 Å². The number of aromatic nitrogens is 1. The quantitative estimate of drug-likeness (QED) is 0.779. The van der Waals surface area contributed by atoms with Crippen molar-refractivity contribution in [2.75, 3.05) is 12.8 Å². The summed E-state index contributed by atoms with van der Waals surface area (Å²) in [6.45, 7) is 7.42. The van der Waals surface area contributed by atoms with Gasteiger partial charge in [-0.15, -0.1) is 0 Å². The molecule has 1 fully saturated rings. The van der Waals surface area contributed by atoms with E-state index in [1.165, 1.54) is 21.2 Å². The van der Waals surface area contributed by atoms with Crippen LogP contribution >= 0.6 is 11.3 Å². The third-order valence-corrected chi connectivity index (χ3v) is 7.39. The molecule has 6 nitrogen and oxygen atoms in total.